The largest absolute Gasteiger partial charge is 0.454 e. The van der Waals surface area contributed by atoms with Gasteiger partial charge in [0, 0.05) is 7.11 Å². The summed E-state index contributed by atoms with van der Waals surface area (Å²) in [5.41, 5.74) is -0.321. The van der Waals surface area contributed by atoms with Gasteiger partial charge in [0.2, 0.25) is 0 Å². The van der Waals surface area contributed by atoms with E-state index in [1.807, 2.05) is 27.3 Å². The van der Waals surface area contributed by atoms with Crippen LogP contribution in [0, 0.1) is 0 Å². The number of hydrogen-bond acceptors (Lipinski definition) is 5. The van der Waals surface area contributed by atoms with Crippen molar-refractivity contribution >= 4 is 21.2 Å². The van der Waals surface area contributed by atoms with Crippen LogP contribution in [0.2, 0.25) is 27.3 Å². The van der Waals surface area contributed by atoms with Gasteiger partial charge in [-0.2, -0.15) is 0 Å². The molecule has 22 heavy (non-hydrogen) atoms. The maximum atomic E-state index is 5.54. The van der Waals surface area contributed by atoms with Gasteiger partial charge >= 0.3 is 14.2 Å². The van der Waals surface area contributed by atoms with Crippen LogP contribution in [0.3, 0.4) is 0 Å². The van der Waals surface area contributed by atoms with Crippen LogP contribution in [-0.2, 0) is 23.3 Å². The highest BCUT2D eigenvalue weighted by Gasteiger charge is 2.48. The maximum Gasteiger partial charge on any atom is 0.454 e. The van der Waals surface area contributed by atoms with Crippen LogP contribution in [0.5, 0.6) is 0 Å². The lowest BCUT2D eigenvalue weighted by atomic mass is 9.75. The van der Waals surface area contributed by atoms with Gasteiger partial charge in [0.1, 0.15) is 0 Å². The minimum Gasteiger partial charge on any atom is -0.439 e. The molecule has 0 spiro atoms. The molecule has 5 nitrogen and oxygen atoms in total. The monoisotopic (exact) mass is 316 g/mol. The van der Waals surface area contributed by atoms with Crippen molar-refractivity contribution in [3.63, 3.8) is 0 Å². The van der Waals surface area contributed by atoms with E-state index in [0.29, 0.717) is 6.92 Å². The molecule has 2 rings (SSSR count). The van der Waals surface area contributed by atoms with Crippen molar-refractivity contribution in [2.75, 3.05) is 20.3 Å². The summed E-state index contributed by atoms with van der Waals surface area (Å²) in [6, 6.07) is 0. The van der Waals surface area contributed by atoms with Gasteiger partial charge in [-0.3, -0.25) is 0 Å². The van der Waals surface area contributed by atoms with E-state index in [-0.39, 0.29) is 32.9 Å². The minimum absolute atomic E-state index is 0. The average Bonchev–Trinajstić information content (AvgIpc) is 2.86. The summed E-state index contributed by atoms with van der Waals surface area (Å²) in [5.74, 6) is 0. The van der Waals surface area contributed by atoms with E-state index in [1.165, 1.54) is 0 Å². The molecule has 2 aliphatic heterocycles. The molecule has 0 aromatic heterocycles. The van der Waals surface area contributed by atoms with Crippen LogP contribution in [0.25, 0.3) is 0 Å². The topological polar surface area (TPSA) is 46.2 Å². The Hall–Kier alpha value is -0.00519. The fourth-order valence-electron chi connectivity index (χ4n) is 1.61. The van der Waals surface area contributed by atoms with Crippen molar-refractivity contribution in [1.82, 2.24) is 0 Å². The van der Waals surface area contributed by atoms with E-state index >= 15 is 0 Å². The van der Waals surface area contributed by atoms with Crippen LogP contribution in [-0.4, -0.2) is 52.7 Å². The summed E-state index contributed by atoms with van der Waals surface area (Å²) in [6.45, 7) is 17.9. The SMILES string of the molecule is C.CB1OC(C)(C)C(C)(C)O1.CB1OCCO1.COB(C)C. The zero-order valence-corrected chi connectivity index (χ0v) is 15.2. The van der Waals surface area contributed by atoms with E-state index in [9.17, 15) is 0 Å². The number of rotatable bonds is 1. The quantitative estimate of drug-likeness (QED) is 0.694. The molecule has 2 heterocycles. The highest BCUT2D eigenvalue weighted by atomic mass is 16.7. The first-order valence-corrected chi connectivity index (χ1v) is 7.63. The Kier molecular flexibility index (Phi) is 11.8. The lowest BCUT2D eigenvalue weighted by molar-refractivity contribution is 0.00578. The molecule has 0 N–H and O–H groups in total. The average molecular weight is 316 g/mol. The third kappa shape index (κ3) is 9.21. The normalized spacial score (nSPS) is 21.1. The van der Waals surface area contributed by atoms with E-state index in [4.69, 9.17) is 23.3 Å². The molecule has 0 bridgehead atoms. The van der Waals surface area contributed by atoms with Crippen molar-refractivity contribution in [1.29, 1.82) is 0 Å². The van der Waals surface area contributed by atoms with Gasteiger partial charge in [-0.15, -0.1) is 0 Å². The second kappa shape index (κ2) is 10.7. The third-order valence-corrected chi connectivity index (χ3v) is 3.63. The molecular formula is C14H35B3O5. The standard InChI is InChI=1S/C7H15BO2.C3H7BO2.C3H9BO.CH4/c1-6(2)7(3,4)10-8(5)9-6;1-4-5-2-3-6-4;1-4(2)5-3;/h1-5H3;2-3H2,1H3;1-3H3;1H4. The van der Waals surface area contributed by atoms with Gasteiger partial charge in [-0.25, -0.2) is 0 Å². The molecule has 8 heteroatoms. The maximum absolute atomic E-state index is 5.54. The summed E-state index contributed by atoms with van der Waals surface area (Å²) < 4.78 is 25.7. The zero-order valence-electron chi connectivity index (χ0n) is 15.2. The Morgan fingerprint density at radius 1 is 0.864 bits per heavy atom. The summed E-state index contributed by atoms with van der Waals surface area (Å²) in [5, 5.41) is 0. The summed E-state index contributed by atoms with van der Waals surface area (Å²) in [4.78, 5) is 0. The second-order valence-corrected chi connectivity index (χ2v) is 6.42. The molecule has 0 aliphatic carbocycles. The fraction of sp³-hybridized carbons (Fsp3) is 1.00. The predicted octanol–water partition coefficient (Wildman–Crippen LogP) is 3.38. The predicted molar refractivity (Wildman–Crippen MR) is 96.7 cm³/mol. The van der Waals surface area contributed by atoms with Crippen molar-refractivity contribution in [2.45, 2.75) is 73.6 Å². The third-order valence-electron chi connectivity index (χ3n) is 3.63. The molecule has 0 radical (unpaired) electrons. The molecule has 0 aromatic rings. The highest BCUT2D eigenvalue weighted by Crippen LogP contribution is 2.36. The van der Waals surface area contributed by atoms with Crippen LogP contribution in [0.1, 0.15) is 35.1 Å². The Balaban J connectivity index is 0. The van der Waals surface area contributed by atoms with Crippen molar-refractivity contribution < 1.29 is 23.3 Å². The Morgan fingerprint density at radius 2 is 1.18 bits per heavy atom. The van der Waals surface area contributed by atoms with Crippen LogP contribution in [0.15, 0.2) is 0 Å². The van der Waals surface area contributed by atoms with Gasteiger partial charge < -0.3 is 23.3 Å². The molecular weight excluding hydrogens is 281 g/mol. The lowest BCUT2D eigenvalue weighted by Crippen LogP contribution is -2.41. The van der Waals surface area contributed by atoms with Gasteiger partial charge in [0.05, 0.1) is 24.4 Å². The van der Waals surface area contributed by atoms with Gasteiger partial charge in [0.15, 0.2) is 0 Å². The van der Waals surface area contributed by atoms with Crippen molar-refractivity contribution in [3.05, 3.63) is 0 Å². The lowest BCUT2D eigenvalue weighted by Gasteiger charge is -2.32. The second-order valence-electron chi connectivity index (χ2n) is 6.42. The van der Waals surface area contributed by atoms with Crippen molar-refractivity contribution in [2.24, 2.45) is 0 Å². The molecule has 2 aliphatic rings. The first-order chi connectivity index (χ1) is 9.51. The van der Waals surface area contributed by atoms with Crippen LogP contribution >= 0.6 is 0 Å². The molecule has 0 amide bonds. The molecule has 2 fully saturated rings. The summed E-state index contributed by atoms with van der Waals surface area (Å²) in [6.07, 6.45) is 0. The molecule has 0 aromatic carbocycles. The van der Waals surface area contributed by atoms with E-state index < -0.39 is 0 Å². The van der Waals surface area contributed by atoms with Gasteiger partial charge in [-0.1, -0.05) is 21.1 Å². The molecule has 0 saturated carbocycles. The first kappa shape index (κ1) is 24.2. The summed E-state index contributed by atoms with van der Waals surface area (Å²) >= 11 is 0. The Bertz CT molecular complexity index is 266. The molecule has 2 saturated heterocycles. The minimum atomic E-state index is -0.160. The van der Waals surface area contributed by atoms with Crippen LogP contribution in [0.4, 0.5) is 0 Å². The smallest absolute Gasteiger partial charge is 0.439 e. The molecule has 0 unspecified atom stereocenters. The van der Waals surface area contributed by atoms with Gasteiger partial charge in [0.25, 0.3) is 6.92 Å². The summed E-state index contributed by atoms with van der Waals surface area (Å²) in [7, 11) is 1.68. The van der Waals surface area contributed by atoms with E-state index in [0.717, 1.165) is 13.2 Å². The van der Waals surface area contributed by atoms with Gasteiger partial charge in [-0.05, 0) is 41.3 Å². The molecule has 0 atom stereocenters. The Labute approximate surface area is 139 Å². The van der Waals surface area contributed by atoms with Crippen molar-refractivity contribution in [3.8, 4) is 0 Å². The van der Waals surface area contributed by atoms with E-state index in [1.54, 1.807) is 7.11 Å². The van der Waals surface area contributed by atoms with Crippen LogP contribution < -0.4 is 0 Å². The zero-order chi connectivity index (χ0) is 16.7. The van der Waals surface area contributed by atoms with E-state index in [2.05, 4.69) is 27.7 Å². The first-order valence-electron chi connectivity index (χ1n) is 7.63. The highest BCUT2D eigenvalue weighted by molar-refractivity contribution is 6.48. The Morgan fingerprint density at radius 3 is 1.27 bits per heavy atom. The molecule has 130 valence electrons. The fourth-order valence-corrected chi connectivity index (χ4v) is 1.61. The number of hydrogen-bond donors (Lipinski definition) is 0.